The molecule has 0 amide bonds. The summed E-state index contributed by atoms with van der Waals surface area (Å²) in [6, 6.07) is 2.03. The normalized spacial score (nSPS) is 10.9. The molecule has 4 nitrogen and oxygen atoms in total. The van der Waals surface area contributed by atoms with Gasteiger partial charge in [0, 0.05) is 12.2 Å². The standard InChI is InChI=1S/C11H11BrClN3O/c1-7(2)16-6-9(5-15-16)17-11-10(12)3-8(13)4-14-11/h3-7H,1-2H3. The molecule has 0 aliphatic heterocycles. The number of hydrogen-bond acceptors (Lipinski definition) is 3. The molecule has 0 aliphatic rings. The molecule has 0 saturated heterocycles. The first kappa shape index (κ1) is 12.4. The Bertz CT molecular complexity index is 527. The summed E-state index contributed by atoms with van der Waals surface area (Å²) >= 11 is 9.14. The number of hydrogen-bond donors (Lipinski definition) is 0. The van der Waals surface area contributed by atoms with Gasteiger partial charge in [0.25, 0.3) is 0 Å². The summed E-state index contributed by atoms with van der Waals surface area (Å²) < 4.78 is 8.12. The van der Waals surface area contributed by atoms with E-state index in [-0.39, 0.29) is 0 Å². The summed E-state index contributed by atoms with van der Waals surface area (Å²) in [5, 5.41) is 4.74. The summed E-state index contributed by atoms with van der Waals surface area (Å²) in [4.78, 5) is 4.09. The largest absolute Gasteiger partial charge is 0.435 e. The second-order valence-electron chi connectivity index (χ2n) is 3.79. The number of halogens is 2. The van der Waals surface area contributed by atoms with Gasteiger partial charge < -0.3 is 4.74 Å². The second kappa shape index (κ2) is 5.06. The van der Waals surface area contributed by atoms with Crippen LogP contribution in [0.4, 0.5) is 0 Å². The highest BCUT2D eigenvalue weighted by Crippen LogP contribution is 2.29. The third-order valence-electron chi connectivity index (χ3n) is 2.10. The van der Waals surface area contributed by atoms with Crippen molar-refractivity contribution in [2.45, 2.75) is 19.9 Å². The Morgan fingerprint density at radius 1 is 1.41 bits per heavy atom. The maximum absolute atomic E-state index is 5.80. The molecule has 0 aliphatic carbocycles. The maximum Gasteiger partial charge on any atom is 0.233 e. The van der Waals surface area contributed by atoms with E-state index in [1.165, 1.54) is 6.20 Å². The van der Waals surface area contributed by atoms with Gasteiger partial charge in [-0.15, -0.1) is 0 Å². The van der Waals surface area contributed by atoms with E-state index in [0.717, 1.165) is 0 Å². The Hall–Kier alpha value is -1.07. The van der Waals surface area contributed by atoms with Gasteiger partial charge in [-0.2, -0.15) is 5.10 Å². The third kappa shape index (κ3) is 2.98. The minimum Gasteiger partial charge on any atom is -0.435 e. The monoisotopic (exact) mass is 315 g/mol. The topological polar surface area (TPSA) is 39.9 Å². The van der Waals surface area contributed by atoms with Crippen LogP contribution in [0.25, 0.3) is 0 Å². The van der Waals surface area contributed by atoms with Crippen LogP contribution in [-0.4, -0.2) is 14.8 Å². The highest BCUT2D eigenvalue weighted by Gasteiger charge is 2.08. The molecule has 6 heteroatoms. The first-order chi connectivity index (χ1) is 8.06. The van der Waals surface area contributed by atoms with Crippen molar-refractivity contribution in [3.63, 3.8) is 0 Å². The van der Waals surface area contributed by atoms with Gasteiger partial charge in [0.1, 0.15) is 0 Å². The van der Waals surface area contributed by atoms with Gasteiger partial charge in [-0.1, -0.05) is 11.6 Å². The minimum atomic E-state index is 0.300. The SMILES string of the molecule is CC(C)n1cc(Oc2ncc(Cl)cc2Br)cn1. The lowest BCUT2D eigenvalue weighted by Gasteiger charge is -2.05. The maximum atomic E-state index is 5.80. The van der Waals surface area contributed by atoms with Gasteiger partial charge in [0.2, 0.25) is 5.88 Å². The molecule has 0 spiro atoms. The zero-order chi connectivity index (χ0) is 12.4. The van der Waals surface area contributed by atoms with Crippen molar-refractivity contribution in [1.29, 1.82) is 0 Å². The molecule has 17 heavy (non-hydrogen) atoms. The van der Waals surface area contributed by atoms with Gasteiger partial charge in [0.15, 0.2) is 5.75 Å². The summed E-state index contributed by atoms with van der Waals surface area (Å²) in [6.07, 6.45) is 5.02. The van der Waals surface area contributed by atoms with Crippen molar-refractivity contribution >= 4 is 27.5 Å². The number of ether oxygens (including phenoxy) is 1. The van der Waals surface area contributed by atoms with Crippen LogP contribution >= 0.6 is 27.5 Å². The Balaban J connectivity index is 2.19. The zero-order valence-electron chi connectivity index (χ0n) is 9.39. The Kier molecular flexibility index (Phi) is 3.69. The fraction of sp³-hybridized carbons (Fsp3) is 0.273. The summed E-state index contributed by atoms with van der Waals surface area (Å²) in [7, 11) is 0. The first-order valence-electron chi connectivity index (χ1n) is 5.09. The van der Waals surface area contributed by atoms with E-state index in [2.05, 4.69) is 26.0 Å². The number of aromatic nitrogens is 3. The van der Waals surface area contributed by atoms with E-state index in [1.54, 1.807) is 12.3 Å². The predicted octanol–water partition coefficient (Wildman–Crippen LogP) is 4.07. The smallest absolute Gasteiger partial charge is 0.233 e. The Morgan fingerprint density at radius 2 is 2.18 bits per heavy atom. The molecular formula is C11H11BrClN3O. The van der Waals surface area contributed by atoms with Crippen LogP contribution in [0, 0.1) is 0 Å². The van der Waals surface area contributed by atoms with Gasteiger partial charge in [-0.05, 0) is 35.8 Å². The molecule has 2 heterocycles. The average Bonchev–Trinajstić information content (AvgIpc) is 2.71. The third-order valence-corrected chi connectivity index (χ3v) is 2.87. The molecule has 0 saturated carbocycles. The van der Waals surface area contributed by atoms with E-state index >= 15 is 0 Å². The van der Waals surface area contributed by atoms with E-state index in [1.807, 2.05) is 24.7 Å². The van der Waals surface area contributed by atoms with E-state index in [0.29, 0.717) is 27.2 Å². The molecule has 0 atom stereocenters. The molecule has 0 bridgehead atoms. The molecule has 0 aromatic carbocycles. The van der Waals surface area contributed by atoms with Crippen molar-refractivity contribution in [2.75, 3.05) is 0 Å². The van der Waals surface area contributed by atoms with Crippen molar-refractivity contribution in [2.24, 2.45) is 0 Å². The molecule has 0 radical (unpaired) electrons. The predicted molar refractivity (Wildman–Crippen MR) is 69.6 cm³/mol. The number of rotatable bonds is 3. The molecule has 90 valence electrons. The van der Waals surface area contributed by atoms with Crippen LogP contribution in [0.2, 0.25) is 5.02 Å². The zero-order valence-corrected chi connectivity index (χ0v) is 11.7. The Labute approximate surface area is 113 Å². The Morgan fingerprint density at radius 3 is 2.76 bits per heavy atom. The highest BCUT2D eigenvalue weighted by molar-refractivity contribution is 9.10. The number of pyridine rings is 1. The van der Waals surface area contributed by atoms with Crippen LogP contribution < -0.4 is 4.74 Å². The van der Waals surface area contributed by atoms with Crippen LogP contribution in [0.15, 0.2) is 29.1 Å². The fourth-order valence-electron chi connectivity index (χ4n) is 1.24. The highest BCUT2D eigenvalue weighted by atomic mass is 79.9. The van der Waals surface area contributed by atoms with Crippen molar-refractivity contribution in [3.05, 3.63) is 34.2 Å². The lowest BCUT2D eigenvalue weighted by molar-refractivity contribution is 0.456. The molecular weight excluding hydrogens is 305 g/mol. The molecule has 2 aromatic heterocycles. The van der Waals surface area contributed by atoms with E-state index < -0.39 is 0 Å². The molecule has 0 N–H and O–H groups in total. The van der Waals surface area contributed by atoms with Gasteiger partial charge in [0.05, 0.1) is 21.9 Å². The lowest BCUT2D eigenvalue weighted by Crippen LogP contribution is -1.99. The average molecular weight is 317 g/mol. The first-order valence-corrected chi connectivity index (χ1v) is 6.26. The quantitative estimate of drug-likeness (QED) is 0.857. The summed E-state index contributed by atoms with van der Waals surface area (Å²) in [6.45, 7) is 4.10. The molecule has 0 unspecified atom stereocenters. The van der Waals surface area contributed by atoms with Crippen LogP contribution in [0.1, 0.15) is 19.9 Å². The van der Waals surface area contributed by atoms with Crippen molar-refractivity contribution in [3.8, 4) is 11.6 Å². The second-order valence-corrected chi connectivity index (χ2v) is 5.08. The van der Waals surface area contributed by atoms with E-state index in [4.69, 9.17) is 16.3 Å². The van der Waals surface area contributed by atoms with E-state index in [9.17, 15) is 0 Å². The molecule has 0 fully saturated rings. The fourth-order valence-corrected chi connectivity index (χ4v) is 1.96. The molecule has 2 aromatic rings. The van der Waals surface area contributed by atoms with Crippen LogP contribution in [0.5, 0.6) is 11.6 Å². The van der Waals surface area contributed by atoms with Crippen LogP contribution in [-0.2, 0) is 0 Å². The van der Waals surface area contributed by atoms with Gasteiger partial charge in [-0.25, -0.2) is 4.98 Å². The minimum absolute atomic E-state index is 0.300. The van der Waals surface area contributed by atoms with Crippen LogP contribution in [0.3, 0.4) is 0 Å². The van der Waals surface area contributed by atoms with Gasteiger partial charge in [-0.3, -0.25) is 4.68 Å². The van der Waals surface area contributed by atoms with Crippen molar-refractivity contribution < 1.29 is 4.74 Å². The van der Waals surface area contributed by atoms with Crippen molar-refractivity contribution in [1.82, 2.24) is 14.8 Å². The number of nitrogens with zero attached hydrogens (tertiary/aromatic N) is 3. The molecule has 2 rings (SSSR count). The summed E-state index contributed by atoms with van der Waals surface area (Å²) in [5.74, 6) is 1.12. The van der Waals surface area contributed by atoms with Gasteiger partial charge >= 0.3 is 0 Å². The lowest BCUT2D eigenvalue weighted by atomic mass is 10.4. The summed E-state index contributed by atoms with van der Waals surface area (Å²) in [5.41, 5.74) is 0.